The van der Waals surface area contributed by atoms with Crippen LogP contribution in [0.25, 0.3) is 11.6 Å². The number of nitrogens with zero attached hydrogens (tertiary/aromatic N) is 3. The summed E-state index contributed by atoms with van der Waals surface area (Å²) in [5, 5.41) is 4.11. The van der Waals surface area contributed by atoms with Crippen LogP contribution in [0.15, 0.2) is 22.9 Å². The third kappa shape index (κ3) is 2.45. The molecule has 0 radical (unpaired) electrons. The highest BCUT2D eigenvalue weighted by molar-refractivity contribution is 5.50. The monoisotopic (exact) mass is 258 g/mol. The quantitative estimate of drug-likeness (QED) is 0.915. The predicted molar refractivity (Wildman–Crippen MR) is 72.3 cm³/mol. The minimum atomic E-state index is 0.441. The molecule has 0 spiro atoms. The molecular formula is C14H18N4O. The maximum Gasteiger partial charge on any atom is 0.276 e. The molecule has 0 aromatic carbocycles. The Bertz CT molecular complexity index is 549. The molecule has 100 valence electrons. The van der Waals surface area contributed by atoms with Crippen LogP contribution in [0.2, 0.25) is 0 Å². The Morgan fingerprint density at radius 3 is 2.95 bits per heavy atom. The molecule has 5 heteroatoms. The molecule has 3 rings (SSSR count). The lowest BCUT2D eigenvalue weighted by Crippen LogP contribution is -1.97. The van der Waals surface area contributed by atoms with Crippen molar-refractivity contribution in [2.45, 2.75) is 38.5 Å². The fraction of sp³-hybridized carbons (Fsp3) is 0.500. The van der Waals surface area contributed by atoms with E-state index in [9.17, 15) is 0 Å². The van der Waals surface area contributed by atoms with Crippen molar-refractivity contribution in [1.29, 1.82) is 0 Å². The molecule has 0 amide bonds. The lowest BCUT2D eigenvalue weighted by Gasteiger charge is -2.04. The Labute approximate surface area is 112 Å². The zero-order valence-corrected chi connectivity index (χ0v) is 11.0. The van der Waals surface area contributed by atoms with Crippen LogP contribution in [0, 0.1) is 5.92 Å². The Hall–Kier alpha value is -1.91. The first kappa shape index (κ1) is 12.1. The van der Waals surface area contributed by atoms with Gasteiger partial charge in [-0.1, -0.05) is 18.5 Å². The lowest BCUT2D eigenvalue weighted by atomic mass is 10.0. The van der Waals surface area contributed by atoms with Gasteiger partial charge < -0.3 is 10.3 Å². The molecule has 2 N–H and O–H groups in total. The average molecular weight is 258 g/mol. The van der Waals surface area contributed by atoms with Crippen molar-refractivity contribution in [3.63, 3.8) is 0 Å². The number of anilines is 1. The molecule has 2 unspecified atom stereocenters. The van der Waals surface area contributed by atoms with Gasteiger partial charge >= 0.3 is 0 Å². The summed E-state index contributed by atoms with van der Waals surface area (Å²) in [4.78, 5) is 8.68. The standard InChI is InChI=1S/C14H18N4O/c1-2-9-3-4-10(7-9)13-17-14(19-18-13)12-6-5-11(15)8-16-12/h5-6,8-10H,2-4,7,15H2,1H3. The summed E-state index contributed by atoms with van der Waals surface area (Å²) in [5.74, 6) is 2.55. The summed E-state index contributed by atoms with van der Waals surface area (Å²) in [7, 11) is 0. The Morgan fingerprint density at radius 1 is 1.37 bits per heavy atom. The Kier molecular flexibility index (Phi) is 3.19. The van der Waals surface area contributed by atoms with E-state index in [1.54, 1.807) is 18.3 Å². The zero-order valence-electron chi connectivity index (χ0n) is 11.0. The van der Waals surface area contributed by atoms with Gasteiger partial charge in [0.25, 0.3) is 5.89 Å². The highest BCUT2D eigenvalue weighted by Crippen LogP contribution is 2.38. The van der Waals surface area contributed by atoms with Crippen LogP contribution < -0.4 is 5.73 Å². The third-order valence-corrected chi connectivity index (χ3v) is 3.93. The second kappa shape index (κ2) is 4.99. The van der Waals surface area contributed by atoms with Crippen molar-refractivity contribution in [1.82, 2.24) is 15.1 Å². The van der Waals surface area contributed by atoms with Crippen molar-refractivity contribution in [3.8, 4) is 11.6 Å². The van der Waals surface area contributed by atoms with Gasteiger partial charge in [-0.25, -0.2) is 4.98 Å². The van der Waals surface area contributed by atoms with Gasteiger partial charge in [0.2, 0.25) is 0 Å². The average Bonchev–Trinajstić information content (AvgIpc) is 3.08. The summed E-state index contributed by atoms with van der Waals surface area (Å²) in [5.41, 5.74) is 6.92. The van der Waals surface area contributed by atoms with Gasteiger partial charge in [0.15, 0.2) is 5.82 Å². The maximum absolute atomic E-state index is 5.61. The lowest BCUT2D eigenvalue weighted by molar-refractivity contribution is 0.412. The van der Waals surface area contributed by atoms with E-state index in [-0.39, 0.29) is 0 Å². The van der Waals surface area contributed by atoms with Crippen LogP contribution in [0.3, 0.4) is 0 Å². The van der Waals surface area contributed by atoms with Crippen molar-refractivity contribution in [2.24, 2.45) is 5.92 Å². The molecule has 5 nitrogen and oxygen atoms in total. The molecule has 1 aliphatic carbocycles. The van der Waals surface area contributed by atoms with Gasteiger partial charge in [-0.2, -0.15) is 4.98 Å². The maximum atomic E-state index is 5.61. The summed E-state index contributed by atoms with van der Waals surface area (Å²) in [6.07, 6.45) is 6.44. The molecule has 2 aromatic heterocycles. The van der Waals surface area contributed by atoms with E-state index in [2.05, 4.69) is 22.0 Å². The van der Waals surface area contributed by atoms with Crippen LogP contribution in [0.5, 0.6) is 0 Å². The first-order valence-electron chi connectivity index (χ1n) is 6.81. The molecule has 19 heavy (non-hydrogen) atoms. The topological polar surface area (TPSA) is 77.8 Å². The van der Waals surface area contributed by atoms with Crippen LogP contribution in [-0.4, -0.2) is 15.1 Å². The predicted octanol–water partition coefficient (Wildman–Crippen LogP) is 3.01. The molecule has 1 fully saturated rings. The number of pyridine rings is 1. The normalized spacial score (nSPS) is 22.8. The molecule has 1 saturated carbocycles. The minimum absolute atomic E-state index is 0.441. The van der Waals surface area contributed by atoms with Gasteiger partial charge in [-0.3, -0.25) is 0 Å². The molecular weight excluding hydrogens is 240 g/mol. The summed E-state index contributed by atoms with van der Waals surface area (Å²) >= 11 is 0. The van der Waals surface area contributed by atoms with Crippen LogP contribution >= 0.6 is 0 Å². The van der Waals surface area contributed by atoms with Crippen LogP contribution in [-0.2, 0) is 0 Å². The molecule has 2 aromatic rings. The third-order valence-electron chi connectivity index (χ3n) is 3.93. The zero-order chi connectivity index (χ0) is 13.2. The minimum Gasteiger partial charge on any atom is -0.397 e. The molecule has 0 aliphatic heterocycles. The van der Waals surface area contributed by atoms with Gasteiger partial charge in [-0.15, -0.1) is 0 Å². The number of hydrogen-bond acceptors (Lipinski definition) is 5. The largest absolute Gasteiger partial charge is 0.397 e. The van der Waals surface area contributed by atoms with Crippen molar-refractivity contribution in [2.75, 3.05) is 5.73 Å². The fourth-order valence-electron chi connectivity index (χ4n) is 2.72. The highest BCUT2D eigenvalue weighted by Gasteiger charge is 2.28. The van der Waals surface area contributed by atoms with E-state index >= 15 is 0 Å². The summed E-state index contributed by atoms with van der Waals surface area (Å²) < 4.78 is 5.31. The van der Waals surface area contributed by atoms with E-state index in [1.165, 1.54) is 19.3 Å². The van der Waals surface area contributed by atoms with Crippen molar-refractivity contribution >= 4 is 5.69 Å². The molecule has 0 bridgehead atoms. The second-order valence-corrected chi connectivity index (χ2v) is 5.22. The number of nitrogens with two attached hydrogens (primary N) is 1. The van der Waals surface area contributed by atoms with Crippen molar-refractivity contribution in [3.05, 3.63) is 24.2 Å². The Balaban J connectivity index is 1.78. The number of nitrogen functional groups attached to an aromatic ring is 1. The summed E-state index contributed by atoms with van der Waals surface area (Å²) in [6.45, 7) is 2.24. The van der Waals surface area contributed by atoms with Gasteiger partial charge in [0.05, 0.1) is 11.9 Å². The summed E-state index contributed by atoms with van der Waals surface area (Å²) in [6, 6.07) is 3.59. The smallest absolute Gasteiger partial charge is 0.276 e. The van der Waals surface area contributed by atoms with Crippen LogP contribution in [0.4, 0.5) is 5.69 Å². The number of hydrogen-bond donors (Lipinski definition) is 1. The van der Waals surface area contributed by atoms with E-state index in [0.29, 0.717) is 23.2 Å². The number of rotatable bonds is 3. The van der Waals surface area contributed by atoms with Gasteiger partial charge in [-0.05, 0) is 37.3 Å². The van der Waals surface area contributed by atoms with Gasteiger partial charge in [0.1, 0.15) is 5.69 Å². The first-order valence-corrected chi connectivity index (χ1v) is 6.81. The van der Waals surface area contributed by atoms with Gasteiger partial charge in [0, 0.05) is 5.92 Å². The van der Waals surface area contributed by atoms with Crippen LogP contribution in [0.1, 0.15) is 44.3 Å². The molecule has 0 saturated heterocycles. The molecule has 1 aliphatic rings. The van der Waals surface area contributed by atoms with E-state index in [1.807, 2.05) is 0 Å². The van der Waals surface area contributed by atoms with E-state index in [0.717, 1.165) is 18.2 Å². The van der Waals surface area contributed by atoms with E-state index < -0.39 is 0 Å². The molecule has 2 atom stereocenters. The number of aromatic nitrogens is 3. The first-order chi connectivity index (χ1) is 9.26. The van der Waals surface area contributed by atoms with E-state index in [4.69, 9.17) is 10.3 Å². The second-order valence-electron chi connectivity index (χ2n) is 5.22. The highest BCUT2D eigenvalue weighted by atomic mass is 16.5. The SMILES string of the molecule is CCC1CCC(c2noc(-c3ccc(N)cn3)n2)C1. The molecule has 2 heterocycles. The Morgan fingerprint density at radius 2 is 2.26 bits per heavy atom. The fourth-order valence-corrected chi connectivity index (χ4v) is 2.72. The van der Waals surface area contributed by atoms with Crippen molar-refractivity contribution < 1.29 is 4.52 Å².